The van der Waals surface area contributed by atoms with E-state index in [1.54, 1.807) is 19.1 Å². The summed E-state index contributed by atoms with van der Waals surface area (Å²) >= 11 is 3.38. The van der Waals surface area contributed by atoms with Crippen molar-refractivity contribution in [3.8, 4) is 5.75 Å². The highest BCUT2D eigenvalue weighted by molar-refractivity contribution is 9.09. The molecule has 1 amide bonds. The molecule has 0 aliphatic rings. The van der Waals surface area contributed by atoms with E-state index in [-0.39, 0.29) is 12.3 Å². The third-order valence-corrected chi connectivity index (χ3v) is 4.36. The average Bonchev–Trinajstić information content (AvgIpc) is 2.61. The normalized spacial score (nSPS) is 12.9. The number of halogens is 1. The highest BCUT2D eigenvalue weighted by atomic mass is 79.9. The van der Waals surface area contributed by atoms with Crippen LogP contribution in [-0.4, -0.2) is 33.5 Å². The Labute approximate surface area is 165 Å². The molecule has 27 heavy (non-hydrogen) atoms. The second kappa shape index (κ2) is 8.96. The van der Waals surface area contributed by atoms with E-state index in [4.69, 9.17) is 4.74 Å². The van der Waals surface area contributed by atoms with E-state index >= 15 is 0 Å². The number of nitro benzene ring substituents is 1. The summed E-state index contributed by atoms with van der Waals surface area (Å²) in [4.78, 5) is 22.7. The predicted molar refractivity (Wildman–Crippen MR) is 107 cm³/mol. The molecular formula is C19H21BrN2O5. The molecule has 7 nitrogen and oxygen atoms in total. The van der Waals surface area contributed by atoms with E-state index in [1.165, 1.54) is 25.1 Å². The number of nitrogens with one attached hydrogen (secondary N) is 1. The van der Waals surface area contributed by atoms with Crippen molar-refractivity contribution in [2.75, 3.05) is 17.3 Å². The topological polar surface area (TPSA) is 102 Å². The summed E-state index contributed by atoms with van der Waals surface area (Å²) in [6.45, 7) is 2.69. The molecule has 0 aliphatic carbocycles. The molecule has 2 aromatic rings. The van der Waals surface area contributed by atoms with Gasteiger partial charge in [0.2, 0.25) is 0 Å². The minimum absolute atomic E-state index is 0.0357. The Morgan fingerprint density at radius 3 is 2.52 bits per heavy atom. The molecule has 2 rings (SSSR count). The third kappa shape index (κ3) is 5.77. The smallest absolute Gasteiger partial charge is 0.272 e. The first kappa shape index (κ1) is 20.9. The SMILES string of the molecule is Cc1cc(NC(=O)C(C)(O)COc2ccc(CCBr)cc2)ccc1[N+](=O)[O-]. The number of benzene rings is 2. The first-order valence-corrected chi connectivity index (χ1v) is 9.41. The van der Waals surface area contributed by atoms with Gasteiger partial charge in [0.1, 0.15) is 12.4 Å². The van der Waals surface area contributed by atoms with Crippen molar-refractivity contribution in [1.29, 1.82) is 0 Å². The van der Waals surface area contributed by atoms with Crippen LogP contribution in [0.15, 0.2) is 42.5 Å². The van der Waals surface area contributed by atoms with Crippen molar-refractivity contribution in [2.24, 2.45) is 0 Å². The fourth-order valence-electron chi connectivity index (χ4n) is 2.35. The molecule has 0 aromatic heterocycles. The summed E-state index contributed by atoms with van der Waals surface area (Å²) in [5.41, 5.74) is 0.119. The summed E-state index contributed by atoms with van der Waals surface area (Å²) in [5.74, 6) is -0.112. The summed E-state index contributed by atoms with van der Waals surface area (Å²) in [6.07, 6.45) is 0.898. The molecule has 0 spiro atoms. The lowest BCUT2D eigenvalue weighted by Crippen LogP contribution is -2.45. The lowest BCUT2D eigenvalue weighted by molar-refractivity contribution is -0.385. The monoisotopic (exact) mass is 436 g/mol. The van der Waals surface area contributed by atoms with E-state index < -0.39 is 16.4 Å². The van der Waals surface area contributed by atoms with Gasteiger partial charge in [-0.15, -0.1) is 0 Å². The number of amides is 1. The van der Waals surface area contributed by atoms with E-state index in [1.807, 2.05) is 12.1 Å². The zero-order valence-electron chi connectivity index (χ0n) is 15.1. The number of alkyl halides is 1. The second-order valence-corrected chi connectivity index (χ2v) is 7.15. The number of carbonyl (C=O) groups is 1. The zero-order valence-corrected chi connectivity index (χ0v) is 16.7. The second-order valence-electron chi connectivity index (χ2n) is 6.36. The van der Waals surface area contributed by atoms with Gasteiger partial charge in [-0.25, -0.2) is 0 Å². The average molecular weight is 437 g/mol. The Morgan fingerprint density at radius 2 is 1.96 bits per heavy atom. The molecule has 0 radical (unpaired) electrons. The van der Waals surface area contributed by atoms with Crippen molar-refractivity contribution in [1.82, 2.24) is 0 Å². The van der Waals surface area contributed by atoms with E-state index in [0.29, 0.717) is 17.0 Å². The fraction of sp³-hybridized carbons (Fsp3) is 0.316. The van der Waals surface area contributed by atoms with Crippen LogP contribution in [0.3, 0.4) is 0 Å². The van der Waals surface area contributed by atoms with Gasteiger partial charge in [0.15, 0.2) is 5.60 Å². The number of hydrogen-bond donors (Lipinski definition) is 2. The highest BCUT2D eigenvalue weighted by Gasteiger charge is 2.31. The number of nitrogens with zero attached hydrogens (tertiary/aromatic N) is 1. The van der Waals surface area contributed by atoms with Crippen molar-refractivity contribution in [3.63, 3.8) is 0 Å². The van der Waals surface area contributed by atoms with Gasteiger partial charge in [-0.05, 0) is 50.1 Å². The van der Waals surface area contributed by atoms with Gasteiger partial charge in [0.05, 0.1) is 4.92 Å². The minimum atomic E-state index is -1.77. The summed E-state index contributed by atoms with van der Waals surface area (Å²) in [5, 5.41) is 24.7. The van der Waals surface area contributed by atoms with Crippen LogP contribution in [0.5, 0.6) is 5.75 Å². The first-order valence-electron chi connectivity index (χ1n) is 8.29. The molecule has 0 heterocycles. The quantitative estimate of drug-likeness (QED) is 0.373. The van der Waals surface area contributed by atoms with E-state index in [9.17, 15) is 20.0 Å². The van der Waals surface area contributed by atoms with Crippen LogP contribution in [-0.2, 0) is 11.2 Å². The Bertz CT molecular complexity index is 821. The maximum Gasteiger partial charge on any atom is 0.272 e. The molecule has 2 N–H and O–H groups in total. The molecule has 0 fully saturated rings. The number of aryl methyl sites for hydroxylation is 2. The van der Waals surface area contributed by atoms with Crippen LogP contribution >= 0.6 is 15.9 Å². The number of aliphatic hydroxyl groups is 1. The standard InChI is InChI=1S/C19H21BrN2O5/c1-13-11-15(5-8-17(13)22(25)26)21-18(23)19(2,24)12-27-16-6-3-14(4-7-16)9-10-20/h3-8,11,24H,9-10,12H2,1-2H3,(H,21,23). The Kier molecular flexibility index (Phi) is 6.92. The molecule has 144 valence electrons. The van der Waals surface area contributed by atoms with Crippen molar-refractivity contribution in [3.05, 3.63) is 63.7 Å². The van der Waals surface area contributed by atoms with E-state index in [2.05, 4.69) is 21.2 Å². The van der Waals surface area contributed by atoms with Gasteiger partial charge in [-0.1, -0.05) is 28.1 Å². The number of anilines is 1. The highest BCUT2D eigenvalue weighted by Crippen LogP contribution is 2.22. The lowest BCUT2D eigenvalue weighted by atomic mass is 10.1. The number of nitro groups is 1. The van der Waals surface area contributed by atoms with Gasteiger partial charge >= 0.3 is 0 Å². The summed E-state index contributed by atoms with van der Waals surface area (Å²) in [7, 11) is 0. The molecular weight excluding hydrogens is 416 g/mol. The Balaban J connectivity index is 1.98. The van der Waals surface area contributed by atoms with Crippen LogP contribution in [0.1, 0.15) is 18.1 Å². The van der Waals surface area contributed by atoms with Crippen molar-refractivity contribution < 1.29 is 19.6 Å². The minimum Gasteiger partial charge on any atom is -0.490 e. The molecule has 1 atom stereocenters. The van der Waals surface area contributed by atoms with Crippen LogP contribution in [0.4, 0.5) is 11.4 Å². The van der Waals surface area contributed by atoms with Gasteiger partial charge in [0.25, 0.3) is 11.6 Å². The molecule has 0 saturated heterocycles. The largest absolute Gasteiger partial charge is 0.490 e. The molecule has 0 saturated carbocycles. The number of carbonyl (C=O) groups excluding carboxylic acids is 1. The lowest BCUT2D eigenvalue weighted by Gasteiger charge is -2.22. The predicted octanol–water partition coefficient (Wildman–Crippen LogP) is 3.61. The molecule has 8 heteroatoms. The van der Waals surface area contributed by atoms with Gasteiger partial charge in [0, 0.05) is 22.6 Å². The van der Waals surface area contributed by atoms with E-state index in [0.717, 1.165) is 17.3 Å². The van der Waals surface area contributed by atoms with Crippen molar-refractivity contribution >= 4 is 33.2 Å². The van der Waals surface area contributed by atoms with Gasteiger partial charge < -0.3 is 15.2 Å². The zero-order chi connectivity index (χ0) is 20.0. The Hall–Kier alpha value is -2.45. The Morgan fingerprint density at radius 1 is 1.30 bits per heavy atom. The summed E-state index contributed by atoms with van der Waals surface area (Å²) < 4.78 is 5.53. The molecule has 0 aliphatic heterocycles. The van der Waals surface area contributed by atoms with Crippen LogP contribution in [0, 0.1) is 17.0 Å². The number of rotatable bonds is 8. The number of hydrogen-bond acceptors (Lipinski definition) is 5. The molecule has 0 bridgehead atoms. The maximum absolute atomic E-state index is 12.3. The maximum atomic E-state index is 12.3. The number of ether oxygens (including phenoxy) is 1. The van der Waals surface area contributed by atoms with Crippen LogP contribution in [0.25, 0.3) is 0 Å². The van der Waals surface area contributed by atoms with Crippen LogP contribution < -0.4 is 10.1 Å². The van der Waals surface area contributed by atoms with Crippen LogP contribution in [0.2, 0.25) is 0 Å². The van der Waals surface area contributed by atoms with Gasteiger partial charge in [-0.3, -0.25) is 14.9 Å². The molecule has 2 aromatic carbocycles. The third-order valence-electron chi connectivity index (χ3n) is 3.97. The van der Waals surface area contributed by atoms with Gasteiger partial charge in [-0.2, -0.15) is 0 Å². The van der Waals surface area contributed by atoms with Crippen molar-refractivity contribution in [2.45, 2.75) is 25.9 Å². The first-order chi connectivity index (χ1) is 12.7. The summed E-state index contributed by atoms with van der Waals surface area (Å²) in [6, 6.07) is 11.6. The fourth-order valence-corrected chi connectivity index (χ4v) is 2.81. The molecule has 1 unspecified atom stereocenters.